The van der Waals surface area contributed by atoms with E-state index in [0.717, 1.165) is 23.7 Å². The van der Waals surface area contributed by atoms with Crippen molar-refractivity contribution in [2.45, 2.75) is 110 Å². The molecular weight excluding hydrogens is 390 g/mol. The van der Waals surface area contributed by atoms with Crippen LogP contribution in [0.15, 0.2) is 34.4 Å². The Morgan fingerprint density at radius 1 is 1.16 bits per heavy atom. The van der Waals surface area contributed by atoms with Gasteiger partial charge < -0.3 is 10.1 Å². The van der Waals surface area contributed by atoms with Gasteiger partial charge in [-0.15, -0.1) is 0 Å². The highest BCUT2D eigenvalue weighted by Gasteiger charge is 2.58. The van der Waals surface area contributed by atoms with Crippen molar-refractivity contribution in [3.8, 4) is 0 Å². The van der Waals surface area contributed by atoms with Gasteiger partial charge >= 0.3 is 0 Å². The summed E-state index contributed by atoms with van der Waals surface area (Å²) in [4.78, 5) is 0. The fourth-order valence-electron chi connectivity index (χ4n) is 9.41. The van der Waals surface area contributed by atoms with E-state index in [-0.39, 0.29) is 5.60 Å². The number of hydrogen-bond acceptors (Lipinski definition) is 2. The minimum absolute atomic E-state index is 0.0819. The number of rotatable bonds is 0. The van der Waals surface area contributed by atoms with E-state index in [9.17, 15) is 0 Å². The van der Waals surface area contributed by atoms with Crippen molar-refractivity contribution in [1.82, 2.24) is 5.32 Å². The topological polar surface area (TPSA) is 21.3 Å². The van der Waals surface area contributed by atoms with Gasteiger partial charge in [0, 0.05) is 12.0 Å². The van der Waals surface area contributed by atoms with Crippen LogP contribution in [0.4, 0.5) is 0 Å². The lowest BCUT2D eigenvalue weighted by Gasteiger charge is -2.49. The van der Waals surface area contributed by atoms with Gasteiger partial charge in [0.15, 0.2) is 0 Å². The molecule has 0 aromatic rings. The Hall–Kier alpha value is -0.860. The molecule has 1 unspecified atom stereocenters. The zero-order valence-electron chi connectivity index (χ0n) is 21.2. The van der Waals surface area contributed by atoms with Crippen molar-refractivity contribution < 1.29 is 4.74 Å². The normalized spacial score (nSPS) is 51.7. The first-order chi connectivity index (χ1) is 15.3. The molecule has 2 saturated heterocycles. The molecule has 2 heteroatoms. The van der Waals surface area contributed by atoms with Crippen LogP contribution >= 0.6 is 0 Å². The molecule has 2 heterocycles. The summed E-state index contributed by atoms with van der Waals surface area (Å²) in [7, 11) is 0. The Morgan fingerprint density at radius 2 is 2.00 bits per heavy atom. The van der Waals surface area contributed by atoms with Gasteiger partial charge in [0.1, 0.15) is 0 Å². The monoisotopic (exact) mass is 435 g/mol. The summed E-state index contributed by atoms with van der Waals surface area (Å²) in [5.41, 5.74) is 7.46. The van der Waals surface area contributed by atoms with Crippen LogP contribution in [0.25, 0.3) is 0 Å². The Bertz CT molecular complexity index is 881. The molecule has 4 aliphatic carbocycles. The van der Waals surface area contributed by atoms with Crippen LogP contribution in [-0.4, -0.2) is 24.3 Å². The van der Waals surface area contributed by atoms with Crippen molar-refractivity contribution in [2.24, 2.45) is 35.0 Å². The maximum Gasteiger partial charge on any atom is 0.0765 e. The van der Waals surface area contributed by atoms with Gasteiger partial charge in [-0.05, 0) is 107 Å². The highest BCUT2D eigenvalue weighted by molar-refractivity contribution is 5.37. The Labute approximate surface area is 196 Å². The van der Waals surface area contributed by atoms with Crippen LogP contribution in [0.5, 0.6) is 0 Å². The molecule has 32 heavy (non-hydrogen) atoms. The van der Waals surface area contributed by atoms with Crippen molar-refractivity contribution >= 4 is 0 Å². The lowest BCUT2D eigenvalue weighted by molar-refractivity contribution is -0.0720. The van der Waals surface area contributed by atoms with E-state index in [1.807, 2.05) is 5.57 Å². The second-order valence-electron chi connectivity index (χ2n) is 12.9. The molecule has 176 valence electrons. The zero-order chi connectivity index (χ0) is 22.3. The third-order valence-electron chi connectivity index (χ3n) is 11.4. The first kappa shape index (κ1) is 21.7. The Morgan fingerprint density at radius 3 is 2.81 bits per heavy atom. The van der Waals surface area contributed by atoms with Gasteiger partial charge in [-0.25, -0.2) is 0 Å². The van der Waals surface area contributed by atoms with E-state index in [4.69, 9.17) is 4.74 Å². The van der Waals surface area contributed by atoms with E-state index in [2.05, 4.69) is 52.1 Å². The molecule has 0 amide bonds. The molecule has 6 aliphatic rings. The standard InChI is InChI=1S/C30H45NO/c1-6-21-9-11-29(5)22(14-21)7-8-24-23-10-12-30(16-19(3)25(23)15-26(24)29)20(4)28-27(32-30)13-18(2)17-31-28/h6,14,18,20,23-24,26-28,31H,7-13,15-17H2,1-5H3/t18-,20+,23-,24-,26-,27+,28-,29-,30?/m0/s1. The van der Waals surface area contributed by atoms with Crippen LogP contribution in [0.1, 0.15) is 92.4 Å². The van der Waals surface area contributed by atoms with E-state index >= 15 is 0 Å². The van der Waals surface area contributed by atoms with Crippen LogP contribution in [0.2, 0.25) is 0 Å². The van der Waals surface area contributed by atoms with Gasteiger partial charge in [-0.3, -0.25) is 0 Å². The van der Waals surface area contributed by atoms with Crippen LogP contribution in [-0.2, 0) is 4.74 Å². The minimum Gasteiger partial charge on any atom is -0.369 e. The number of hydrogen-bond donors (Lipinski definition) is 1. The summed E-state index contributed by atoms with van der Waals surface area (Å²) in [5, 5.41) is 3.88. The summed E-state index contributed by atoms with van der Waals surface area (Å²) >= 11 is 0. The number of allylic oxidation sites excluding steroid dienone is 5. The molecule has 9 atom stereocenters. The lowest BCUT2D eigenvalue weighted by Crippen LogP contribution is -2.48. The number of nitrogens with one attached hydrogen (secondary N) is 1. The van der Waals surface area contributed by atoms with Gasteiger partial charge in [-0.2, -0.15) is 0 Å². The molecular formula is C30H45NO. The predicted molar refractivity (Wildman–Crippen MR) is 132 cm³/mol. The van der Waals surface area contributed by atoms with Crippen molar-refractivity contribution in [1.29, 1.82) is 0 Å². The molecule has 6 rings (SSSR count). The van der Waals surface area contributed by atoms with Gasteiger partial charge in [0.05, 0.1) is 11.7 Å². The first-order valence-corrected chi connectivity index (χ1v) is 13.8. The van der Waals surface area contributed by atoms with E-state index in [0.29, 0.717) is 23.5 Å². The maximum atomic E-state index is 7.05. The molecule has 2 aliphatic heterocycles. The third kappa shape index (κ3) is 3.04. The van der Waals surface area contributed by atoms with Crippen molar-refractivity contribution in [3.63, 3.8) is 0 Å². The Kier molecular flexibility index (Phi) is 5.12. The van der Waals surface area contributed by atoms with E-state index < -0.39 is 0 Å². The van der Waals surface area contributed by atoms with Crippen LogP contribution in [0, 0.1) is 35.0 Å². The lowest BCUT2D eigenvalue weighted by atomic mass is 9.56. The van der Waals surface area contributed by atoms with Crippen molar-refractivity contribution in [3.05, 3.63) is 34.4 Å². The maximum absolute atomic E-state index is 7.05. The minimum atomic E-state index is 0.0819. The summed E-state index contributed by atoms with van der Waals surface area (Å²) in [6, 6.07) is 0.569. The number of piperidine rings is 1. The Balaban J connectivity index is 1.29. The molecule has 0 aromatic carbocycles. The average molecular weight is 436 g/mol. The largest absolute Gasteiger partial charge is 0.369 e. The average Bonchev–Trinajstić information content (AvgIpc) is 3.23. The van der Waals surface area contributed by atoms with Gasteiger partial charge in [-0.1, -0.05) is 55.2 Å². The fraction of sp³-hybridized carbons (Fsp3) is 0.800. The number of fused-ring (bicyclic) bond motifs is 6. The molecule has 4 fully saturated rings. The van der Waals surface area contributed by atoms with E-state index in [1.54, 1.807) is 16.7 Å². The highest BCUT2D eigenvalue weighted by Crippen LogP contribution is 2.64. The summed E-state index contributed by atoms with van der Waals surface area (Å²) in [6.45, 7) is 13.4. The summed E-state index contributed by atoms with van der Waals surface area (Å²) < 4.78 is 7.05. The predicted octanol–water partition coefficient (Wildman–Crippen LogP) is 6.98. The SMILES string of the molecule is CC=C1C=C2CC[C@H]3[C@@H]4CCC5(CC(C)=C4C[C@@H]3[C@@]2(C)CC1)O[C@@H]1C[C@H](C)CN[C@H]1[C@H]5C. The molecule has 0 radical (unpaired) electrons. The fourth-order valence-corrected chi connectivity index (χ4v) is 9.41. The molecule has 1 spiro atoms. The van der Waals surface area contributed by atoms with Gasteiger partial charge in [0.25, 0.3) is 0 Å². The summed E-state index contributed by atoms with van der Waals surface area (Å²) in [6.07, 6.45) is 17.2. The van der Waals surface area contributed by atoms with Crippen LogP contribution in [0.3, 0.4) is 0 Å². The second-order valence-corrected chi connectivity index (χ2v) is 12.9. The molecule has 0 bridgehead atoms. The van der Waals surface area contributed by atoms with Crippen molar-refractivity contribution in [2.75, 3.05) is 6.54 Å². The second kappa shape index (κ2) is 7.57. The molecule has 2 nitrogen and oxygen atoms in total. The quantitative estimate of drug-likeness (QED) is 0.415. The highest BCUT2D eigenvalue weighted by atomic mass is 16.5. The van der Waals surface area contributed by atoms with E-state index in [1.165, 1.54) is 64.3 Å². The smallest absolute Gasteiger partial charge is 0.0765 e. The molecule has 1 N–H and O–H groups in total. The van der Waals surface area contributed by atoms with Crippen LogP contribution < -0.4 is 5.32 Å². The number of ether oxygens (including phenoxy) is 1. The van der Waals surface area contributed by atoms with Gasteiger partial charge in [0.2, 0.25) is 0 Å². The third-order valence-corrected chi connectivity index (χ3v) is 11.4. The first-order valence-electron chi connectivity index (χ1n) is 13.8. The molecule has 0 aromatic heterocycles. The molecule has 2 saturated carbocycles. The zero-order valence-corrected chi connectivity index (χ0v) is 21.2. The summed E-state index contributed by atoms with van der Waals surface area (Å²) in [5.74, 6) is 3.97.